The van der Waals surface area contributed by atoms with Crippen molar-refractivity contribution in [2.45, 2.75) is 32.5 Å². The summed E-state index contributed by atoms with van der Waals surface area (Å²) in [5, 5.41) is 17.8. The van der Waals surface area contributed by atoms with Gasteiger partial charge in [-0.15, -0.1) is 0 Å². The third-order valence-electron chi connectivity index (χ3n) is 1.46. The lowest BCUT2D eigenvalue weighted by atomic mass is 10.0. The van der Waals surface area contributed by atoms with Gasteiger partial charge in [0.15, 0.2) is 0 Å². The van der Waals surface area contributed by atoms with Crippen molar-refractivity contribution in [3.63, 3.8) is 0 Å². The smallest absolute Gasteiger partial charge is 0.277 e. The van der Waals surface area contributed by atoms with E-state index in [1.165, 1.54) is 0 Å². The van der Waals surface area contributed by atoms with Crippen LogP contribution >= 0.6 is 0 Å². The van der Waals surface area contributed by atoms with Gasteiger partial charge in [-0.1, -0.05) is 13.8 Å². The quantitative estimate of drug-likeness (QED) is 0.490. The molecule has 66 valence electrons. The van der Waals surface area contributed by atoms with Gasteiger partial charge in [-0.3, -0.25) is 4.79 Å². The van der Waals surface area contributed by atoms with Crippen molar-refractivity contribution in [2.75, 3.05) is 0 Å². The van der Waals surface area contributed by atoms with Gasteiger partial charge in [0.1, 0.15) is 0 Å². The van der Waals surface area contributed by atoms with Gasteiger partial charge in [-0.2, -0.15) is 0 Å². The van der Waals surface area contributed by atoms with Crippen molar-refractivity contribution in [1.29, 1.82) is 0 Å². The number of primary amides is 1. The van der Waals surface area contributed by atoms with Crippen LogP contribution in [0.3, 0.4) is 0 Å². The lowest BCUT2D eigenvalue weighted by Gasteiger charge is -2.17. The second-order valence-corrected chi connectivity index (χ2v) is 3.11. The van der Waals surface area contributed by atoms with Crippen molar-refractivity contribution >= 4 is 5.91 Å². The second kappa shape index (κ2) is 3.69. The number of carbonyl (C=O) groups excluding carboxylic acids is 1. The summed E-state index contributed by atoms with van der Waals surface area (Å²) in [7, 11) is 0. The third kappa shape index (κ3) is 3.95. The number of carbonyl (C=O) groups is 1. The van der Waals surface area contributed by atoms with Crippen molar-refractivity contribution in [3.05, 3.63) is 0 Å². The van der Waals surface area contributed by atoms with E-state index in [1.54, 1.807) is 0 Å². The first kappa shape index (κ1) is 10.4. The Kier molecular flexibility index (Phi) is 3.48. The van der Waals surface area contributed by atoms with Crippen molar-refractivity contribution in [2.24, 2.45) is 11.7 Å². The van der Waals surface area contributed by atoms with E-state index in [-0.39, 0.29) is 6.42 Å². The van der Waals surface area contributed by atoms with Crippen LogP contribution in [0.2, 0.25) is 0 Å². The summed E-state index contributed by atoms with van der Waals surface area (Å²) in [6, 6.07) is 0. The zero-order chi connectivity index (χ0) is 9.07. The Bertz CT molecular complexity index is 143. The first-order valence-electron chi connectivity index (χ1n) is 3.61. The van der Waals surface area contributed by atoms with Crippen LogP contribution in [0.4, 0.5) is 0 Å². The molecule has 0 saturated heterocycles. The molecule has 4 heteroatoms. The predicted octanol–water partition coefficient (Wildman–Crippen LogP) is -0.411. The monoisotopic (exact) mass is 161 g/mol. The average molecular weight is 161 g/mol. The molecule has 0 aliphatic rings. The molecule has 11 heavy (non-hydrogen) atoms. The van der Waals surface area contributed by atoms with Gasteiger partial charge < -0.3 is 15.9 Å². The van der Waals surface area contributed by atoms with Crippen LogP contribution in [0.15, 0.2) is 0 Å². The topological polar surface area (TPSA) is 83.6 Å². The molecule has 0 aliphatic heterocycles. The Morgan fingerprint density at radius 3 is 2.27 bits per heavy atom. The highest BCUT2D eigenvalue weighted by Gasteiger charge is 2.29. The average Bonchev–Trinajstić information content (AvgIpc) is 1.84. The summed E-state index contributed by atoms with van der Waals surface area (Å²) in [6.07, 6.45) is 0.565. The van der Waals surface area contributed by atoms with Gasteiger partial charge in [-0.25, -0.2) is 0 Å². The first-order valence-corrected chi connectivity index (χ1v) is 3.61. The molecule has 1 amide bonds. The van der Waals surface area contributed by atoms with Gasteiger partial charge in [0.05, 0.1) is 0 Å². The van der Waals surface area contributed by atoms with Crippen LogP contribution < -0.4 is 5.73 Å². The molecule has 0 fully saturated rings. The lowest BCUT2D eigenvalue weighted by molar-refractivity contribution is -0.184. The molecule has 4 nitrogen and oxygen atoms in total. The second-order valence-electron chi connectivity index (χ2n) is 3.11. The van der Waals surface area contributed by atoms with Crippen LogP contribution in [0.1, 0.15) is 26.7 Å². The van der Waals surface area contributed by atoms with E-state index in [9.17, 15) is 4.79 Å². The minimum Gasteiger partial charge on any atom is -0.365 e. The maximum atomic E-state index is 10.4. The molecule has 0 aromatic carbocycles. The fourth-order valence-corrected chi connectivity index (χ4v) is 0.613. The number of aliphatic hydroxyl groups is 2. The highest BCUT2D eigenvalue weighted by atomic mass is 16.5. The molecule has 0 aromatic rings. The minimum absolute atomic E-state index is 0. The summed E-state index contributed by atoms with van der Waals surface area (Å²) in [6.45, 7) is 3.86. The predicted molar refractivity (Wildman–Crippen MR) is 40.4 cm³/mol. The molecule has 0 heterocycles. The molecular weight excluding hydrogens is 146 g/mol. The number of nitrogens with two attached hydrogens (primary N) is 1. The largest absolute Gasteiger partial charge is 0.365 e. The molecule has 0 spiro atoms. The van der Waals surface area contributed by atoms with Crippen LogP contribution in [0, 0.1) is 5.92 Å². The SMILES string of the molecule is CC(C)CCC(O)(O)C(N)=O. The number of rotatable bonds is 4. The highest BCUT2D eigenvalue weighted by Crippen LogP contribution is 2.13. The van der Waals surface area contributed by atoms with Crippen LogP contribution in [0.25, 0.3) is 0 Å². The zero-order valence-corrected chi connectivity index (χ0v) is 6.87. The van der Waals surface area contributed by atoms with E-state index >= 15 is 0 Å². The molecule has 0 unspecified atom stereocenters. The molecule has 0 aromatic heterocycles. The normalized spacial score (nSPS) is 12.1. The Labute approximate surface area is 66.0 Å². The number of hydrogen-bond acceptors (Lipinski definition) is 3. The summed E-state index contributed by atoms with van der Waals surface area (Å²) in [5.74, 6) is -3.09. The maximum Gasteiger partial charge on any atom is 0.277 e. The van der Waals surface area contributed by atoms with E-state index in [4.69, 9.17) is 15.9 Å². The standard InChI is InChI=1S/C7H15NO3/c1-5(2)3-4-7(10,11)6(8)9/h5,10-11H,3-4H2,1-2H3,(H2,8,9). The Balaban J connectivity index is 3.83. The van der Waals surface area contributed by atoms with Crippen molar-refractivity contribution in [3.8, 4) is 0 Å². The molecular formula is C7H15NO3. The van der Waals surface area contributed by atoms with Crippen molar-refractivity contribution < 1.29 is 15.0 Å². The highest BCUT2D eigenvalue weighted by molar-refractivity contribution is 5.81. The fourth-order valence-electron chi connectivity index (χ4n) is 0.613. The molecule has 0 saturated carbocycles. The summed E-state index contributed by atoms with van der Waals surface area (Å²) in [5.41, 5.74) is 4.72. The van der Waals surface area contributed by atoms with Crippen LogP contribution in [-0.4, -0.2) is 21.9 Å². The van der Waals surface area contributed by atoms with Gasteiger partial charge >= 0.3 is 0 Å². The van der Waals surface area contributed by atoms with E-state index in [1.807, 2.05) is 13.8 Å². The van der Waals surface area contributed by atoms with Gasteiger partial charge in [0.2, 0.25) is 5.79 Å². The van der Waals surface area contributed by atoms with Crippen LogP contribution in [-0.2, 0) is 4.79 Å². The zero-order valence-electron chi connectivity index (χ0n) is 6.87. The fraction of sp³-hybridized carbons (Fsp3) is 0.857. The first-order chi connectivity index (χ1) is 4.86. The minimum atomic E-state index is -2.33. The van der Waals surface area contributed by atoms with Crippen molar-refractivity contribution in [1.82, 2.24) is 0 Å². The molecule has 0 bridgehead atoms. The van der Waals surface area contributed by atoms with E-state index in [0.717, 1.165) is 0 Å². The Hall–Kier alpha value is -0.610. The van der Waals surface area contributed by atoms with E-state index < -0.39 is 11.7 Å². The third-order valence-corrected chi connectivity index (χ3v) is 1.46. The van der Waals surface area contributed by atoms with Gasteiger partial charge in [0.25, 0.3) is 5.91 Å². The molecule has 0 aliphatic carbocycles. The Morgan fingerprint density at radius 1 is 1.55 bits per heavy atom. The van der Waals surface area contributed by atoms with Gasteiger partial charge in [0, 0.05) is 6.42 Å². The lowest BCUT2D eigenvalue weighted by Crippen LogP contribution is -2.43. The number of amides is 1. The molecule has 0 radical (unpaired) electrons. The van der Waals surface area contributed by atoms with Gasteiger partial charge in [-0.05, 0) is 12.3 Å². The van der Waals surface area contributed by atoms with E-state index in [0.29, 0.717) is 12.3 Å². The summed E-state index contributed by atoms with van der Waals surface area (Å²) >= 11 is 0. The molecule has 4 N–H and O–H groups in total. The molecule has 0 rings (SSSR count). The summed E-state index contributed by atoms with van der Waals surface area (Å²) in [4.78, 5) is 10.4. The summed E-state index contributed by atoms with van der Waals surface area (Å²) < 4.78 is 0. The van der Waals surface area contributed by atoms with E-state index in [2.05, 4.69) is 0 Å². The maximum absolute atomic E-state index is 10.4. The van der Waals surface area contributed by atoms with Crippen LogP contribution in [0.5, 0.6) is 0 Å². The molecule has 0 atom stereocenters. The Morgan fingerprint density at radius 2 is 2.00 bits per heavy atom. The number of hydrogen-bond donors (Lipinski definition) is 3.